The fourth-order valence-corrected chi connectivity index (χ4v) is 7.36. The quantitative estimate of drug-likeness (QED) is 0.107. The Morgan fingerprint density at radius 1 is 1.09 bits per heavy atom. The van der Waals surface area contributed by atoms with Gasteiger partial charge in [0.05, 0.1) is 16.9 Å². The zero-order chi connectivity index (χ0) is 30.8. The highest BCUT2D eigenvalue weighted by molar-refractivity contribution is 6.17. The van der Waals surface area contributed by atoms with Crippen molar-refractivity contribution in [3.63, 3.8) is 0 Å². The number of carbonyl (C=O) groups excluding carboxylic acids is 1. The van der Waals surface area contributed by atoms with Crippen LogP contribution in [0, 0.1) is 0 Å². The van der Waals surface area contributed by atoms with Crippen molar-refractivity contribution >= 4 is 33.8 Å². The van der Waals surface area contributed by atoms with Gasteiger partial charge in [-0.3, -0.25) is 9.48 Å². The van der Waals surface area contributed by atoms with Crippen molar-refractivity contribution in [3.8, 4) is 11.1 Å². The lowest BCUT2D eigenvalue weighted by Crippen LogP contribution is -2.46. The smallest absolute Gasteiger partial charge is 0.151 e. The summed E-state index contributed by atoms with van der Waals surface area (Å²) in [6.45, 7) is 15.2. The SMILES string of the molecule is CCO/N=C(\C)c1ccc2c(c1)c1c(CNC)c(C=O)c3c(c1n2CCCCN1CCN(CC)CC1)CCc1nn(C)cc1-3. The zero-order valence-electron chi connectivity index (χ0n) is 27.1. The molecule has 1 aliphatic heterocycles. The number of hydrogen-bond acceptors (Lipinski definition) is 7. The van der Waals surface area contributed by atoms with Gasteiger partial charge < -0.3 is 24.5 Å². The minimum absolute atomic E-state index is 0.532. The molecule has 4 aromatic rings. The summed E-state index contributed by atoms with van der Waals surface area (Å²) in [6.07, 6.45) is 7.16. The largest absolute Gasteiger partial charge is 0.396 e. The fourth-order valence-electron chi connectivity index (χ4n) is 7.36. The molecule has 44 heavy (non-hydrogen) atoms. The van der Waals surface area contributed by atoms with Gasteiger partial charge in [-0.2, -0.15) is 5.10 Å². The molecule has 9 heteroatoms. The number of piperazine rings is 1. The number of rotatable bonds is 12. The molecule has 1 aliphatic carbocycles. The normalized spacial score (nSPS) is 16.1. The van der Waals surface area contributed by atoms with Crippen LogP contribution in [0.15, 0.2) is 29.6 Å². The summed E-state index contributed by atoms with van der Waals surface area (Å²) in [5.74, 6) is 0. The van der Waals surface area contributed by atoms with Crippen LogP contribution in [-0.2, 0) is 37.8 Å². The van der Waals surface area contributed by atoms with E-state index in [1.807, 2.05) is 32.6 Å². The second-order valence-corrected chi connectivity index (χ2v) is 12.2. The molecule has 0 atom stereocenters. The molecule has 0 bridgehead atoms. The van der Waals surface area contributed by atoms with Crippen LogP contribution in [0.25, 0.3) is 32.9 Å². The molecule has 1 saturated heterocycles. The minimum atomic E-state index is 0.532. The van der Waals surface area contributed by atoms with Crippen LogP contribution < -0.4 is 5.32 Å². The summed E-state index contributed by atoms with van der Waals surface area (Å²) in [5.41, 5.74) is 10.7. The van der Waals surface area contributed by atoms with E-state index in [4.69, 9.17) is 9.94 Å². The van der Waals surface area contributed by atoms with Crippen LogP contribution in [0.2, 0.25) is 0 Å². The molecule has 0 amide bonds. The summed E-state index contributed by atoms with van der Waals surface area (Å²) in [5, 5.41) is 14.8. The van der Waals surface area contributed by atoms with Crippen LogP contribution in [-0.4, -0.2) is 89.1 Å². The van der Waals surface area contributed by atoms with Gasteiger partial charge in [0.15, 0.2) is 6.29 Å². The van der Waals surface area contributed by atoms with Gasteiger partial charge in [0.2, 0.25) is 0 Å². The molecule has 0 unspecified atom stereocenters. The van der Waals surface area contributed by atoms with Gasteiger partial charge in [-0.15, -0.1) is 0 Å². The van der Waals surface area contributed by atoms with Crippen molar-refractivity contribution < 1.29 is 9.63 Å². The topological polar surface area (TPSA) is 79.9 Å². The van der Waals surface area contributed by atoms with E-state index in [-0.39, 0.29) is 0 Å². The molecule has 3 heterocycles. The molecule has 9 nitrogen and oxygen atoms in total. The molecule has 2 aliphatic rings. The van der Waals surface area contributed by atoms with E-state index in [1.54, 1.807) is 0 Å². The van der Waals surface area contributed by atoms with Crippen LogP contribution in [0.1, 0.15) is 66.4 Å². The van der Waals surface area contributed by atoms with Crippen molar-refractivity contribution in [2.24, 2.45) is 12.2 Å². The van der Waals surface area contributed by atoms with E-state index in [0.29, 0.717) is 13.2 Å². The molecule has 0 spiro atoms. The number of nitrogens with zero attached hydrogens (tertiary/aromatic N) is 6. The third kappa shape index (κ3) is 5.57. The first-order valence-electron chi connectivity index (χ1n) is 16.4. The Morgan fingerprint density at radius 3 is 2.59 bits per heavy atom. The first-order valence-corrected chi connectivity index (χ1v) is 16.4. The van der Waals surface area contributed by atoms with E-state index < -0.39 is 0 Å². The number of fused-ring (bicyclic) bond motifs is 7. The van der Waals surface area contributed by atoms with Gasteiger partial charge in [0.1, 0.15) is 6.61 Å². The average Bonchev–Trinajstić information content (AvgIpc) is 3.59. The Morgan fingerprint density at radius 2 is 1.86 bits per heavy atom. The molecular weight excluding hydrogens is 550 g/mol. The minimum Gasteiger partial charge on any atom is -0.396 e. The number of benzene rings is 2. The fraction of sp³-hybridized carbons (Fsp3) is 0.514. The second kappa shape index (κ2) is 13.2. The van der Waals surface area contributed by atoms with E-state index in [2.05, 4.69) is 56.2 Å². The lowest BCUT2D eigenvalue weighted by atomic mass is 9.82. The number of carbonyl (C=O) groups is 1. The van der Waals surface area contributed by atoms with Crippen LogP contribution in [0.4, 0.5) is 0 Å². The summed E-state index contributed by atoms with van der Waals surface area (Å²) >= 11 is 0. The lowest BCUT2D eigenvalue weighted by molar-refractivity contribution is 0.112. The highest BCUT2D eigenvalue weighted by Gasteiger charge is 2.30. The standard InChI is InChI=1S/C35H47N7O2/c1-6-40-16-18-41(19-17-40)14-8-9-15-42-32-13-10-25(24(3)38-44-7-2)20-27(32)34-28(21-36-4)30(23-43)33-26(35(34)42)11-12-31-29(33)22-39(5)37-31/h10,13,20,22-23,36H,6-9,11-12,14-19,21H2,1-5H3/b38-24+. The molecule has 6 rings (SSSR count). The number of unbranched alkanes of at least 4 members (excludes halogenated alkanes) is 1. The number of likely N-dealkylation sites (N-methyl/N-ethyl adjacent to an activating group) is 1. The number of aryl methyl sites for hydroxylation is 4. The van der Waals surface area contributed by atoms with Gasteiger partial charge in [-0.1, -0.05) is 18.1 Å². The summed E-state index contributed by atoms with van der Waals surface area (Å²) in [6, 6.07) is 6.65. The Labute approximate surface area is 260 Å². The van der Waals surface area contributed by atoms with Crippen molar-refractivity contribution in [1.29, 1.82) is 0 Å². The lowest BCUT2D eigenvalue weighted by Gasteiger charge is -2.34. The number of nitrogens with one attached hydrogen (secondary N) is 1. The van der Waals surface area contributed by atoms with E-state index in [1.165, 1.54) is 40.5 Å². The van der Waals surface area contributed by atoms with Gasteiger partial charge in [0, 0.05) is 85.5 Å². The molecule has 0 saturated carbocycles. The van der Waals surface area contributed by atoms with Crippen molar-refractivity contribution in [3.05, 3.63) is 52.3 Å². The van der Waals surface area contributed by atoms with E-state index >= 15 is 0 Å². The summed E-state index contributed by atoms with van der Waals surface area (Å²) < 4.78 is 4.44. The van der Waals surface area contributed by atoms with Crippen molar-refractivity contribution in [1.82, 2.24) is 29.5 Å². The Bertz CT molecular complexity index is 1690. The molecule has 1 N–H and O–H groups in total. The van der Waals surface area contributed by atoms with Crippen molar-refractivity contribution in [2.45, 2.75) is 59.5 Å². The van der Waals surface area contributed by atoms with Gasteiger partial charge in [-0.05, 0) is 88.5 Å². The van der Waals surface area contributed by atoms with Crippen LogP contribution >= 0.6 is 0 Å². The molecule has 0 radical (unpaired) electrons. The molecular formula is C35H47N7O2. The second-order valence-electron chi connectivity index (χ2n) is 12.2. The predicted octanol–water partition coefficient (Wildman–Crippen LogP) is 5.00. The highest BCUT2D eigenvalue weighted by atomic mass is 16.6. The van der Waals surface area contributed by atoms with Crippen molar-refractivity contribution in [2.75, 3.05) is 52.9 Å². The first-order chi connectivity index (χ1) is 21.5. The van der Waals surface area contributed by atoms with E-state index in [0.717, 1.165) is 104 Å². The number of aldehydes is 1. The van der Waals surface area contributed by atoms with Crippen LogP contribution in [0.3, 0.4) is 0 Å². The molecule has 234 valence electrons. The van der Waals surface area contributed by atoms with Crippen LogP contribution in [0.5, 0.6) is 0 Å². The average molecular weight is 598 g/mol. The maximum atomic E-state index is 13.0. The zero-order valence-corrected chi connectivity index (χ0v) is 27.1. The van der Waals surface area contributed by atoms with Gasteiger partial charge >= 0.3 is 0 Å². The maximum absolute atomic E-state index is 13.0. The monoisotopic (exact) mass is 597 g/mol. The molecule has 2 aromatic heterocycles. The van der Waals surface area contributed by atoms with Gasteiger partial charge in [-0.25, -0.2) is 0 Å². The Hall–Kier alpha value is -3.53. The molecule has 2 aromatic carbocycles. The van der Waals surface area contributed by atoms with Gasteiger partial charge in [0.25, 0.3) is 0 Å². The molecule has 1 fully saturated rings. The summed E-state index contributed by atoms with van der Waals surface area (Å²) in [4.78, 5) is 23.5. The third-order valence-electron chi connectivity index (χ3n) is 9.57. The Kier molecular flexibility index (Phi) is 9.16. The van der Waals surface area contributed by atoms with E-state index in [9.17, 15) is 4.79 Å². The highest BCUT2D eigenvalue weighted by Crippen LogP contribution is 2.45. The number of aromatic nitrogens is 3. The number of oxime groups is 1. The summed E-state index contributed by atoms with van der Waals surface area (Å²) in [7, 11) is 3.93. The first kappa shape index (κ1) is 30.5. The maximum Gasteiger partial charge on any atom is 0.151 e. The predicted molar refractivity (Wildman–Crippen MR) is 179 cm³/mol. The third-order valence-corrected chi connectivity index (χ3v) is 9.57. The Balaban J connectivity index is 1.49. The number of hydrogen-bond donors (Lipinski definition) is 1.